The van der Waals surface area contributed by atoms with Crippen LogP contribution in [0.2, 0.25) is 0 Å². The predicted octanol–water partition coefficient (Wildman–Crippen LogP) is 4.99. The number of benzene rings is 2. The molecule has 0 spiro atoms. The number of rotatable bonds is 9. The van der Waals surface area contributed by atoms with Gasteiger partial charge in [0.25, 0.3) is 0 Å². The Kier molecular flexibility index (Phi) is 6.68. The fraction of sp³-hybridized carbons (Fsp3) is 0.222. The van der Waals surface area contributed by atoms with Gasteiger partial charge in [0.05, 0.1) is 18.9 Å². The van der Waals surface area contributed by atoms with Crippen LogP contribution in [0.3, 0.4) is 0 Å². The van der Waals surface area contributed by atoms with E-state index in [1.807, 2.05) is 31.2 Å². The first-order valence-electron chi connectivity index (χ1n) is 8.08. The summed E-state index contributed by atoms with van der Waals surface area (Å²) in [6.07, 6.45) is 0. The first kappa shape index (κ1) is 18.5. The number of anilines is 2. The van der Waals surface area contributed by atoms with Gasteiger partial charge in [-0.05, 0) is 31.2 Å². The third-order valence-corrected chi connectivity index (χ3v) is 5.17. The quantitative estimate of drug-likeness (QED) is 0.410. The van der Waals surface area contributed by atoms with Crippen LogP contribution >= 0.6 is 23.1 Å². The number of ether oxygens (including phenoxy) is 2. The number of nitrogens with one attached hydrogen (secondary N) is 1. The Hall–Kier alpha value is -2.32. The van der Waals surface area contributed by atoms with Gasteiger partial charge in [-0.1, -0.05) is 47.4 Å². The molecule has 0 unspecified atom stereocenters. The van der Waals surface area contributed by atoms with Gasteiger partial charge in [0.2, 0.25) is 5.13 Å². The van der Waals surface area contributed by atoms with Crippen molar-refractivity contribution in [3.05, 3.63) is 54.3 Å². The SMILES string of the molecule is CCOc1ccccc1Nc1nnc(SCCOc2ccccc2F)s1. The molecule has 0 radical (unpaired) electrons. The number of nitrogens with zero attached hydrogens (tertiary/aromatic N) is 2. The third kappa shape index (κ3) is 5.09. The van der Waals surface area contributed by atoms with Gasteiger partial charge in [0, 0.05) is 5.75 Å². The Morgan fingerprint density at radius 1 is 1.04 bits per heavy atom. The fourth-order valence-electron chi connectivity index (χ4n) is 2.13. The molecular weight excluding hydrogens is 373 g/mol. The second kappa shape index (κ2) is 9.40. The van der Waals surface area contributed by atoms with Gasteiger partial charge in [-0.15, -0.1) is 10.2 Å². The van der Waals surface area contributed by atoms with Crippen LogP contribution in [0.25, 0.3) is 0 Å². The van der Waals surface area contributed by atoms with Crippen molar-refractivity contribution >= 4 is 33.9 Å². The van der Waals surface area contributed by atoms with Crippen LogP contribution in [0, 0.1) is 5.82 Å². The van der Waals surface area contributed by atoms with Gasteiger partial charge < -0.3 is 14.8 Å². The molecule has 1 N–H and O–H groups in total. The number of hydrogen-bond donors (Lipinski definition) is 1. The van der Waals surface area contributed by atoms with E-state index in [0.717, 1.165) is 15.8 Å². The summed E-state index contributed by atoms with van der Waals surface area (Å²) < 4.78 is 25.3. The van der Waals surface area contributed by atoms with Crippen molar-refractivity contribution in [2.75, 3.05) is 24.3 Å². The van der Waals surface area contributed by atoms with E-state index >= 15 is 0 Å². The number of hydrogen-bond acceptors (Lipinski definition) is 7. The van der Waals surface area contributed by atoms with Crippen LogP contribution in [0.4, 0.5) is 15.2 Å². The smallest absolute Gasteiger partial charge is 0.210 e. The molecule has 3 aromatic rings. The number of para-hydroxylation sites is 3. The van der Waals surface area contributed by atoms with E-state index in [1.165, 1.54) is 29.2 Å². The second-order valence-electron chi connectivity index (χ2n) is 5.05. The van der Waals surface area contributed by atoms with E-state index in [1.54, 1.807) is 18.2 Å². The first-order chi connectivity index (χ1) is 12.8. The zero-order valence-corrected chi connectivity index (χ0v) is 15.8. The first-order valence-corrected chi connectivity index (χ1v) is 9.89. The minimum absolute atomic E-state index is 0.264. The summed E-state index contributed by atoms with van der Waals surface area (Å²) in [6.45, 7) is 2.93. The van der Waals surface area contributed by atoms with E-state index in [2.05, 4.69) is 15.5 Å². The lowest BCUT2D eigenvalue weighted by molar-refractivity contribution is 0.325. The summed E-state index contributed by atoms with van der Waals surface area (Å²) in [6, 6.07) is 14.1. The average Bonchev–Trinajstić information content (AvgIpc) is 3.09. The van der Waals surface area contributed by atoms with E-state index in [-0.39, 0.29) is 11.6 Å². The molecule has 0 aliphatic heterocycles. The molecule has 0 aliphatic rings. The molecule has 0 amide bonds. The van der Waals surface area contributed by atoms with Crippen LogP contribution in [0.5, 0.6) is 11.5 Å². The maximum absolute atomic E-state index is 13.5. The van der Waals surface area contributed by atoms with Crippen molar-refractivity contribution in [1.82, 2.24) is 10.2 Å². The molecular formula is C18H18FN3O2S2. The van der Waals surface area contributed by atoms with E-state index in [9.17, 15) is 4.39 Å². The Balaban J connectivity index is 1.50. The van der Waals surface area contributed by atoms with Crippen LogP contribution in [-0.2, 0) is 0 Å². The summed E-state index contributed by atoms with van der Waals surface area (Å²) in [7, 11) is 0. The predicted molar refractivity (Wildman–Crippen MR) is 103 cm³/mol. The lowest BCUT2D eigenvalue weighted by atomic mass is 10.3. The molecule has 1 aromatic heterocycles. The lowest BCUT2D eigenvalue weighted by Gasteiger charge is -2.09. The highest BCUT2D eigenvalue weighted by atomic mass is 32.2. The summed E-state index contributed by atoms with van der Waals surface area (Å²) in [5.41, 5.74) is 0.852. The second-order valence-corrected chi connectivity index (χ2v) is 7.37. The Morgan fingerprint density at radius 3 is 2.62 bits per heavy atom. The Bertz CT molecular complexity index is 845. The van der Waals surface area contributed by atoms with Crippen molar-refractivity contribution in [2.45, 2.75) is 11.3 Å². The highest BCUT2D eigenvalue weighted by Gasteiger charge is 2.09. The van der Waals surface area contributed by atoms with Crippen molar-refractivity contribution in [2.24, 2.45) is 0 Å². The molecule has 0 saturated carbocycles. The average molecular weight is 391 g/mol. The number of thioether (sulfide) groups is 1. The minimum Gasteiger partial charge on any atom is -0.492 e. The summed E-state index contributed by atoms with van der Waals surface area (Å²) in [4.78, 5) is 0. The fourth-order valence-corrected chi connectivity index (χ4v) is 3.78. The van der Waals surface area contributed by atoms with Gasteiger partial charge in [0.15, 0.2) is 15.9 Å². The van der Waals surface area contributed by atoms with Gasteiger partial charge >= 0.3 is 0 Å². The van der Waals surface area contributed by atoms with Crippen LogP contribution < -0.4 is 14.8 Å². The van der Waals surface area contributed by atoms with E-state index in [4.69, 9.17) is 9.47 Å². The molecule has 136 valence electrons. The Morgan fingerprint density at radius 2 is 1.81 bits per heavy atom. The van der Waals surface area contributed by atoms with Crippen LogP contribution in [-0.4, -0.2) is 29.2 Å². The highest BCUT2D eigenvalue weighted by molar-refractivity contribution is 8.01. The zero-order chi connectivity index (χ0) is 18.2. The van der Waals surface area contributed by atoms with E-state index in [0.29, 0.717) is 24.1 Å². The maximum Gasteiger partial charge on any atom is 0.210 e. The van der Waals surface area contributed by atoms with Crippen LogP contribution in [0.15, 0.2) is 52.9 Å². The minimum atomic E-state index is -0.354. The topological polar surface area (TPSA) is 56.3 Å². The molecule has 0 bridgehead atoms. The van der Waals surface area contributed by atoms with Crippen LogP contribution in [0.1, 0.15) is 6.92 Å². The monoisotopic (exact) mass is 391 g/mol. The van der Waals surface area contributed by atoms with Gasteiger partial charge in [-0.25, -0.2) is 4.39 Å². The van der Waals surface area contributed by atoms with Crippen molar-refractivity contribution in [1.29, 1.82) is 0 Å². The molecule has 5 nitrogen and oxygen atoms in total. The molecule has 1 heterocycles. The molecule has 8 heteroatoms. The summed E-state index contributed by atoms with van der Waals surface area (Å²) in [5, 5.41) is 12.2. The number of halogens is 1. The van der Waals surface area contributed by atoms with Gasteiger partial charge in [-0.3, -0.25) is 0 Å². The molecule has 3 rings (SSSR count). The Labute approximate surface area is 159 Å². The summed E-state index contributed by atoms with van der Waals surface area (Å²) in [5.74, 6) is 1.34. The van der Waals surface area contributed by atoms with Crippen molar-refractivity contribution < 1.29 is 13.9 Å². The van der Waals surface area contributed by atoms with Gasteiger partial charge in [0.1, 0.15) is 5.75 Å². The standard InChI is InChI=1S/C18H18FN3O2S2/c1-2-23-16-10-6-4-8-14(16)20-17-21-22-18(26-17)25-12-11-24-15-9-5-3-7-13(15)19/h3-10H,2,11-12H2,1H3,(H,20,21). The van der Waals surface area contributed by atoms with E-state index < -0.39 is 0 Å². The molecule has 26 heavy (non-hydrogen) atoms. The summed E-state index contributed by atoms with van der Waals surface area (Å²) >= 11 is 2.97. The number of aromatic nitrogens is 2. The molecule has 0 saturated heterocycles. The molecule has 0 aliphatic carbocycles. The maximum atomic E-state index is 13.5. The molecule has 0 fully saturated rings. The largest absolute Gasteiger partial charge is 0.492 e. The normalized spacial score (nSPS) is 10.5. The van der Waals surface area contributed by atoms with Crippen molar-refractivity contribution in [3.63, 3.8) is 0 Å². The zero-order valence-electron chi connectivity index (χ0n) is 14.1. The molecule has 2 aromatic carbocycles. The van der Waals surface area contributed by atoms with Crippen molar-refractivity contribution in [3.8, 4) is 11.5 Å². The molecule has 0 atom stereocenters. The third-order valence-electron chi connectivity index (χ3n) is 3.24. The highest BCUT2D eigenvalue weighted by Crippen LogP contribution is 2.31. The van der Waals surface area contributed by atoms with Gasteiger partial charge in [-0.2, -0.15) is 0 Å². The lowest BCUT2D eigenvalue weighted by Crippen LogP contribution is -2.01.